The molecule has 1 heterocycles. The van der Waals surface area contributed by atoms with Crippen LogP contribution in [0.15, 0.2) is 90.1 Å². The van der Waals surface area contributed by atoms with Gasteiger partial charge in [-0.05, 0) is 36.2 Å². The van der Waals surface area contributed by atoms with Crippen LogP contribution in [-0.4, -0.2) is 30.2 Å². The zero-order valence-corrected chi connectivity index (χ0v) is 16.9. The Morgan fingerprint density at radius 3 is 2.28 bits per heavy atom. The fraction of sp³-hybridized carbons (Fsp3) is 0.182. The number of sulfonamides is 1. The summed E-state index contributed by atoms with van der Waals surface area (Å²) in [6, 6.07) is 20.7. The second kappa shape index (κ2) is 9.45. The van der Waals surface area contributed by atoms with Gasteiger partial charge in [0, 0.05) is 18.9 Å². The molecule has 3 aromatic rings. The van der Waals surface area contributed by atoms with Gasteiger partial charge >= 0.3 is 0 Å². The Morgan fingerprint density at radius 2 is 1.66 bits per heavy atom. The minimum absolute atomic E-state index is 0.104. The number of aromatic nitrogens is 1. The average molecular weight is 410 g/mol. The first-order valence-corrected chi connectivity index (χ1v) is 10.7. The summed E-state index contributed by atoms with van der Waals surface area (Å²) in [5.74, 6) is -0.378. The predicted octanol–water partition coefficient (Wildman–Crippen LogP) is 3.15. The number of carbonyl (C=O) groups excluding carboxylic acids is 1. The highest BCUT2D eigenvalue weighted by Crippen LogP contribution is 2.18. The quantitative estimate of drug-likeness (QED) is 0.620. The van der Waals surface area contributed by atoms with Crippen molar-refractivity contribution in [1.82, 2.24) is 14.6 Å². The van der Waals surface area contributed by atoms with Gasteiger partial charge in [0.25, 0.3) is 0 Å². The number of hydrogen-bond donors (Lipinski definition) is 1. The molecule has 6 nitrogen and oxygen atoms in total. The Kier molecular flexibility index (Phi) is 6.74. The van der Waals surface area contributed by atoms with Crippen molar-refractivity contribution < 1.29 is 13.2 Å². The van der Waals surface area contributed by atoms with Gasteiger partial charge in [0.1, 0.15) is 0 Å². The highest BCUT2D eigenvalue weighted by molar-refractivity contribution is 7.89. The van der Waals surface area contributed by atoms with Crippen molar-refractivity contribution in [3.8, 4) is 0 Å². The third-order valence-corrected chi connectivity index (χ3v) is 6.27. The molecule has 0 aliphatic carbocycles. The number of benzene rings is 2. The van der Waals surface area contributed by atoms with Gasteiger partial charge in [-0.3, -0.25) is 9.78 Å². The maximum Gasteiger partial charge on any atom is 0.243 e. The molecule has 0 radical (unpaired) electrons. The van der Waals surface area contributed by atoms with Gasteiger partial charge in [-0.15, -0.1) is 0 Å². The first-order chi connectivity index (χ1) is 14.0. The molecule has 1 N–H and O–H groups in total. The zero-order valence-electron chi connectivity index (χ0n) is 16.1. The van der Waals surface area contributed by atoms with E-state index in [1.807, 2.05) is 43.3 Å². The summed E-state index contributed by atoms with van der Waals surface area (Å²) in [6.07, 6.45) is 3.33. The number of hydrogen-bond acceptors (Lipinski definition) is 4. The van der Waals surface area contributed by atoms with Gasteiger partial charge in [-0.2, -0.15) is 4.31 Å². The number of pyridine rings is 1. The minimum Gasteiger partial charge on any atom is -0.348 e. The molecule has 0 saturated carbocycles. The lowest BCUT2D eigenvalue weighted by molar-refractivity contribution is -0.122. The molecule has 0 saturated heterocycles. The van der Waals surface area contributed by atoms with E-state index in [0.717, 1.165) is 11.1 Å². The van der Waals surface area contributed by atoms with E-state index in [9.17, 15) is 13.2 Å². The lowest BCUT2D eigenvalue weighted by Crippen LogP contribution is -2.41. The molecule has 0 aliphatic heterocycles. The second-order valence-electron chi connectivity index (χ2n) is 6.65. The Labute approximate surface area is 171 Å². The Hall–Kier alpha value is -3.03. The normalized spacial score (nSPS) is 12.5. The molecule has 150 valence electrons. The third-order valence-electron chi connectivity index (χ3n) is 4.46. The lowest BCUT2D eigenvalue weighted by Gasteiger charge is -2.23. The summed E-state index contributed by atoms with van der Waals surface area (Å²) in [5, 5.41) is 2.85. The van der Waals surface area contributed by atoms with Crippen molar-refractivity contribution in [1.29, 1.82) is 0 Å². The van der Waals surface area contributed by atoms with E-state index in [1.165, 1.54) is 16.4 Å². The Bertz CT molecular complexity index is 1030. The molecule has 1 amide bonds. The Morgan fingerprint density at radius 1 is 1.00 bits per heavy atom. The standard InChI is InChI=1S/C22H23N3O3S/c1-18(20-11-8-14-23-15-20)24-22(26)17-25(16-19-9-4-2-5-10-19)29(27,28)21-12-6-3-7-13-21/h2-15,18H,16-17H2,1H3,(H,24,26)/t18-/m1/s1. The van der Waals surface area contributed by atoms with Crippen LogP contribution in [0.3, 0.4) is 0 Å². The molecule has 0 spiro atoms. The molecule has 29 heavy (non-hydrogen) atoms. The minimum atomic E-state index is -3.83. The lowest BCUT2D eigenvalue weighted by atomic mass is 10.1. The number of nitrogens with one attached hydrogen (secondary N) is 1. The molecule has 0 fully saturated rings. The Balaban J connectivity index is 1.80. The van der Waals surface area contributed by atoms with Crippen LogP contribution in [0, 0.1) is 0 Å². The van der Waals surface area contributed by atoms with Crippen LogP contribution in [0.25, 0.3) is 0 Å². The highest BCUT2D eigenvalue weighted by atomic mass is 32.2. The average Bonchev–Trinajstić information content (AvgIpc) is 2.75. The molecule has 7 heteroatoms. The molecule has 2 aromatic carbocycles. The summed E-state index contributed by atoms with van der Waals surface area (Å²) in [6.45, 7) is 1.66. The fourth-order valence-electron chi connectivity index (χ4n) is 2.92. The van der Waals surface area contributed by atoms with Crippen LogP contribution < -0.4 is 5.32 Å². The van der Waals surface area contributed by atoms with Crippen LogP contribution in [-0.2, 0) is 21.4 Å². The monoisotopic (exact) mass is 409 g/mol. The van der Waals surface area contributed by atoms with Gasteiger partial charge in [0.15, 0.2) is 0 Å². The van der Waals surface area contributed by atoms with Crippen LogP contribution in [0.2, 0.25) is 0 Å². The van der Waals surface area contributed by atoms with Crippen molar-refractivity contribution >= 4 is 15.9 Å². The molecule has 3 rings (SSSR count). The highest BCUT2D eigenvalue weighted by Gasteiger charge is 2.27. The summed E-state index contributed by atoms with van der Waals surface area (Å²) in [7, 11) is -3.83. The summed E-state index contributed by atoms with van der Waals surface area (Å²) < 4.78 is 27.5. The van der Waals surface area contributed by atoms with Gasteiger partial charge in [0.05, 0.1) is 17.5 Å². The molecule has 0 unspecified atom stereocenters. The van der Waals surface area contributed by atoms with Crippen LogP contribution in [0.5, 0.6) is 0 Å². The molecule has 1 aromatic heterocycles. The maximum atomic E-state index is 13.2. The van der Waals surface area contributed by atoms with E-state index >= 15 is 0 Å². The third kappa shape index (κ3) is 5.49. The number of rotatable bonds is 8. The van der Waals surface area contributed by atoms with Crippen molar-refractivity contribution in [2.24, 2.45) is 0 Å². The van der Waals surface area contributed by atoms with Gasteiger partial charge in [-0.1, -0.05) is 54.6 Å². The van der Waals surface area contributed by atoms with Crippen molar-refractivity contribution in [2.75, 3.05) is 6.54 Å². The largest absolute Gasteiger partial charge is 0.348 e. The predicted molar refractivity (Wildman–Crippen MR) is 111 cm³/mol. The molecule has 0 bridgehead atoms. The SMILES string of the molecule is C[C@@H](NC(=O)CN(Cc1ccccc1)S(=O)(=O)c1ccccc1)c1cccnc1. The van der Waals surface area contributed by atoms with E-state index in [-0.39, 0.29) is 29.9 Å². The van der Waals surface area contributed by atoms with Gasteiger partial charge in [-0.25, -0.2) is 8.42 Å². The smallest absolute Gasteiger partial charge is 0.243 e. The topological polar surface area (TPSA) is 79.4 Å². The van der Waals surface area contributed by atoms with Crippen LogP contribution in [0.4, 0.5) is 0 Å². The van der Waals surface area contributed by atoms with Crippen molar-refractivity contribution in [3.05, 3.63) is 96.3 Å². The van der Waals surface area contributed by atoms with E-state index in [2.05, 4.69) is 10.3 Å². The van der Waals surface area contributed by atoms with E-state index in [4.69, 9.17) is 0 Å². The summed E-state index contributed by atoms with van der Waals surface area (Å²) in [4.78, 5) is 16.9. The van der Waals surface area contributed by atoms with Crippen LogP contribution >= 0.6 is 0 Å². The zero-order chi connectivity index (χ0) is 20.7. The molecular weight excluding hydrogens is 386 g/mol. The van der Waals surface area contributed by atoms with Crippen molar-refractivity contribution in [3.63, 3.8) is 0 Å². The van der Waals surface area contributed by atoms with E-state index < -0.39 is 10.0 Å². The summed E-state index contributed by atoms with van der Waals surface area (Å²) in [5.41, 5.74) is 1.65. The number of carbonyl (C=O) groups is 1. The second-order valence-corrected chi connectivity index (χ2v) is 8.59. The van der Waals surface area contributed by atoms with Gasteiger partial charge < -0.3 is 5.32 Å². The maximum absolute atomic E-state index is 13.2. The summed E-state index contributed by atoms with van der Waals surface area (Å²) >= 11 is 0. The molecule has 1 atom stereocenters. The first-order valence-electron chi connectivity index (χ1n) is 9.25. The first kappa shape index (κ1) is 20.7. The van der Waals surface area contributed by atoms with E-state index in [0.29, 0.717) is 0 Å². The van der Waals surface area contributed by atoms with Gasteiger partial charge in [0.2, 0.25) is 15.9 Å². The number of amides is 1. The van der Waals surface area contributed by atoms with Crippen LogP contribution in [0.1, 0.15) is 24.1 Å². The van der Waals surface area contributed by atoms with Crippen molar-refractivity contribution in [2.45, 2.75) is 24.4 Å². The fourth-order valence-corrected chi connectivity index (χ4v) is 4.32. The number of nitrogens with zero attached hydrogens (tertiary/aromatic N) is 2. The van der Waals surface area contributed by atoms with E-state index in [1.54, 1.807) is 36.7 Å². The molecular formula is C22H23N3O3S. The molecule has 0 aliphatic rings.